The fourth-order valence-corrected chi connectivity index (χ4v) is 2.49. The van der Waals surface area contributed by atoms with Gasteiger partial charge in [-0.15, -0.1) is 0 Å². The van der Waals surface area contributed by atoms with Crippen LogP contribution in [0.25, 0.3) is 0 Å². The number of nitrogens with two attached hydrogens (primary N) is 1. The summed E-state index contributed by atoms with van der Waals surface area (Å²) in [5.74, 6) is -0.156. The number of rotatable bonds is 4. The Balaban J connectivity index is 2.44. The number of hydrogen-bond acceptors (Lipinski definition) is 3. The van der Waals surface area contributed by atoms with E-state index in [1.54, 1.807) is 7.11 Å². The molecule has 17 heavy (non-hydrogen) atoms. The average Bonchev–Trinajstić information content (AvgIpc) is 3.09. The van der Waals surface area contributed by atoms with Crippen LogP contribution in [0.1, 0.15) is 24.0 Å². The molecule has 1 aliphatic carbocycles. The van der Waals surface area contributed by atoms with Crippen LogP contribution in [-0.4, -0.2) is 24.2 Å². The molecule has 4 heteroatoms. The Bertz CT molecular complexity index is 452. The van der Waals surface area contributed by atoms with Gasteiger partial charge < -0.3 is 15.6 Å². The van der Waals surface area contributed by atoms with Crippen molar-refractivity contribution in [3.8, 4) is 5.75 Å². The lowest BCUT2D eigenvalue weighted by atomic mass is 9.85. The van der Waals surface area contributed by atoms with Gasteiger partial charge in [0.15, 0.2) is 0 Å². The van der Waals surface area contributed by atoms with E-state index in [9.17, 15) is 4.79 Å². The molecule has 0 radical (unpaired) electrons. The second kappa shape index (κ2) is 4.04. The third-order valence-corrected chi connectivity index (χ3v) is 3.69. The van der Waals surface area contributed by atoms with Crippen LogP contribution < -0.4 is 10.5 Å². The first-order valence-electron chi connectivity index (χ1n) is 5.65. The standard InChI is InChI=1S/C13H17NO3/c1-8-9(4-3-5-10(8)17-2)13(6-7-13)11(14)12(15)16/h3-5,11H,6-7,14H2,1-2H3,(H,15,16). The molecule has 1 atom stereocenters. The molecular formula is C13H17NO3. The largest absolute Gasteiger partial charge is 0.496 e. The van der Waals surface area contributed by atoms with Gasteiger partial charge in [-0.25, -0.2) is 0 Å². The van der Waals surface area contributed by atoms with E-state index in [1.807, 2.05) is 25.1 Å². The molecule has 1 saturated carbocycles. The summed E-state index contributed by atoms with van der Waals surface area (Å²) in [5, 5.41) is 9.08. The predicted molar refractivity (Wildman–Crippen MR) is 64.3 cm³/mol. The maximum atomic E-state index is 11.1. The highest BCUT2D eigenvalue weighted by molar-refractivity contribution is 5.77. The molecule has 1 aromatic carbocycles. The van der Waals surface area contributed by atoms with Crippen LogP contribution in [0.3, 0.4) is 0 Å². The van der Waals surface area contributed by atoms with E-state index in [4.69, 9.17) is 15.6 Å². The van der Waals surface area contributed by atoms with Crippen molar-refractivity contribution in [3.63, 3.8) is 0 Å². The Hall–Kier alpha value is -1.55. The topological polar surface area (TPSA) is 72.5 Å². The monoisotopic (exact) mass is 235 g/mol. The molecule has 4 nitrogen and oxygen atoms in total. The quantitative estimate of drug-likeness (QED) is 0.828. The summed E-state index contributed by atoms with van der Waals surface area (Å²) in [5.41, 5.74) is 7.41. The smallest absolute Gasteiger partial charge is 0.321 e. The Morgan fingerprint density at radius 3 is 2.65 bits per heavy atom. The van der Waals surface area contributed by atoms with E-state index in [0.717, 1.165) is 29.7 Å². The second-order valence-corrected chi connectivity index (χ2v) is 4.60. The third kappa shape index (κ3) is 1.78. The second-order valence-electron chi connectivity index (χ2n) is 4.60. The summed E-state index contributed by atoms with van der Waals surface area (Å²) in [6.45, 7) is 1.95. The van der Waals surface area contributed by atoms with Gasteiger partial charge in [0.25, 0.3) is 0 Å². The number of hydrogen-bond donors (Lipinski definition) is 2. The number of carboxylic acid groups (broad SMARTS) is 1. The summed E-state index contributed by atoms with van der Waals surface area (Å²) in [6.07, 6.45) is 1.66. The van der Waals surface area contributed by atoms with Crippen LogP contribution in [-0.2, 0) is 10.2 Å². The summed E-state index contributed by atoms with van der Waals surface area (Å²) in [4.78, 5) is 11.1. The van der Waals surface area contributed by atoms with Crippen molar-refractivity contribution in [2.45, 2.75) is 31.2 Å². The SMILES string of the molecule is COc1cccc(C2(C(N)C(=O)O)CC2)c1C. The molecule has 1 aliphatic rings. The number of benzene rings is 1. The fourth-order valence-electron chi connectivity index (χ4n) is 2.49. The van der Waals surface area contributed by atoms with Crippen molar-refractivity contribution < 1.29 is 14.6 Å². The molecule has 92 valence electrons. The van der Waals surface area contributed by atoms with E-state index in [1.165, 1.54) is 0 Å². The minimum absolute atomic E-state index is 0.398. The van der Waals surface area contributed by atoms with Crippen molar-refractivity contribution in [2.75, 3.05) is 7.11 Å². The summed E-state index contributed by atoms with van der Waals surface area (Å²) < 4.78 is 5.26. The van der Waals surface area contributed by atoms with Crippen LogP contribution in [0, 0.1) is 6.92 Å². The lowest BCUT2D eigenvalue weighted by Gasteiger charge is -2.23. The summed E-state index contributed by atoms with van der Waals surface area (Å²) >= 11 is 0. The first kappa shape index (κ1) is 11.9. The lowest BCUT2D eigenvalue weighted by Crippen LogP contribution is -2.42. The molecule has 1 fully saturated rings. The molecule has 0 aromatic heterocycles. The zero-order valence-corrected chi connectivity index (χ0v) is 10.1. The van der Waals surface area contributed by atoms with Crippen LogP contribution in [0.5, 0.6) is 5.75 Å². The van der Waals surface area contributed by atoms with Gasteiger partial charge in [-0.2, -0.15) is 0 Å². The van der Waals surface area contributed by atoms with Crippen molar-refractivity contribution in [1.29, 1.82) is 0 Å². The van der Waals surface area contributed by atoms with Gasteiger partial charge >= 0.3 is 5.97 Å². The van der Waals surface area contributed by atoms with E-state index in [-0.39, 0.29) is 0 Å². The normalized spacial score (nSPS) is 18.5. The van der Waals surface area contributed by atoms with Crippen molar-refractivity contribution >= 4 is 5.97 Å². The van der Waals surface area contributed by atoms with Crippen LogP contribution in [0.2, 0.25) is 0 Å². The number of methoxy groups -OCH3 is 1. The van der Waals surface area contributed by atoms with Gasteiger partial charge in [0.05, 0.1) is 7.11 Å². The van der Waals surface area contributed by atoms with Crippen LogP contribution >= 0.6 is 0 Å². The third-order valence-electron chi connectivity index (χ3n) is 3.69. The Kier molecular flexibility index (Phi) is 2.83. The Labute approximate surface area is 100 Å². The maximum absolute atomic E-state index is 11.1. The highest BCUT2D eigenvalue weighted by Gasteiger charge is 2.53. The maximum Gasteiger partial charge on any atom is 0.321 e. The first-order chi connectivity index (χ1) is 8.03. The predicted octanol–water partition coefficient (Wildman–Crippen LogP) is 1.45. The minimum atomic E-state index is -0.940. The van der Waals surface area contributed by atoms with E-state index < -0.39 is 17.4 Å². The van der Waals surface area contributed by atoms with Crippen molar-refractivity contribution in [2.24, 2.45) is 5.73 Å². The number of aliphatic carboxylic acids is 1. The van der Waals surface area contributed by atoms with Crippen molar-refractivity contribution in [1.82, 2.24) is 0 Å². The first-order valence-corrected chi connectivity index (χ1v) is 5.65. The molecule has 1 aromatic rings. The van der Waals surface area contributed by atoms with Gasteiger partial charge in [0.2, 0.25) is 0 Å². The Morgan fingerprint density at radius 2 is 2.18 bits per heavy atom. The molecule has 0 aliphatic heterocycles. The Morgan fingerprint density at radius 1 is 1.53 bits per heavy atom. The lowest BCUT2D eigenvalue weighted by molar-refractivity contribution is -0.139. The molecule has 0 amide bonds. The van der Waals surface area contributed by atoms with Gasteiger partial charge in [0.1, 0.15) is 11.8 Å². The fraction of sp³-hybridized carbons (Fsp3) is 0.462. The van der Waals surface area contributed by atoms with Crippen LogP contribution in [0.4, 0.5) is 0 Å². The number of carboxylic acids is 1. The molecule has 0 bridgehead atoms. The summed E-state index contributed by atoms with van der Waals surface area (Å²) in [6, 6.07) is 4.87. The average molecular weight is 235 g/mol. The summed E-state index contributed by atoms with van der Waals surface area (Å²) in [7, 11) is 1.61. The van der Waals surface area contributed by atoms with Crippen molar-refractivity contribution in [3.05, 3.63) is 29.3 Å². The zero-order valence-electron chi connectivity index (χ0n) is 10.1. The number of carbonyl (C=O) groups is 1. The molecule has 0 spiro atoms. The van der Waals surface area contributed by atoms with Gasteiger partial charge in [0, 0.05) is 5.41 Å². The van der Waals surface area contributed by atoms with E-state index in [0.29, 0.717) is 0 Å². The van der Waals surface area contributed by atoms with E-state index >= 15 is 0 Å². The molecule has 0 saturated heterocycles. The molecular weight excluding hydrogens is 218 g/mol. The minimum Gasteiger partial charge on any atom is -0.496 e. The molecule has 1 unspecified atom stereocenters. The molecule has 2 rings (SSSR count). The highest BCUT2D eigenvalue weighted by Crippen LogP contribution is 2.52. The molecule has 3 N–H and O–H groups in total. The van der Waals surface area contributed by atoms with Gasteiger partial charge in [-0.1, -0.05) is 12.1 Å². The van der Waals surface area contributed by atoms with E-state index in [2.05, 4.69) is 0 Å². The van der Waals surface area contributed by atoms with Gasteiger partial charge in [-0.05, 0) is 37.0 Å². The van der Waals surface area contributed by atoms with Crippen LogP contribution in [0.15, 0.2) is 18.2 Å². The molecule has 0 heterocycles. The number of ether oxygens (including phenoxy) is 1. The highest BCUT2D eigenvalue weighted by atomic mass is 16.5. The van der Waals surface area contributed by atoms with Gasteiger partial charge in [-0.3, -0.25) is 4.79 Å². The zero-order chi connectivity index (χ0) is 12.6.